The molecule has 1 amide bonds. The number of rotatable bonds is 4. The third-order valence-corrected chi connectivity index (χ3v) is 2.70. The van der Waals surface area contributed by atoms with E-state index >= 15 is 0 Å². The Balaban J connectivity index is 1.88. The van der Waals surface area contributed by atoms with Crippen molar-refractivity contribution in [2.75, 3.05) is 6.54 Å². The van der Waals surface area contributed by atoms with E-state index in [4.69, 9.17) is 5.73 Å². The molecule has 0 unspecified atom stereocenters. The summed E-state index contributed by atoms with van der Waals surface area (Å²) in [6.07, 6.45) is 2.47. The standard InChI is InChI=1S/C12H16N2O/c13-11(10-4-2-1-3-5-10)12(15)14-8-9-6-7-9/h1-5,9,11H,6-8,13H2,(H,14,15)/t11-/m0/s1. The normalized spacial score (nSPS) is 17.1. The number of hydrogen-bond acceptors (Lipinski definition) is 2. The van der Waals surface area contributed by atoms with Crippen LogP contribution in [0, 0.1) is 5.92 Å². The second kappa shape index (κ2) is 4.45. The van der Waals surface area contributed by atoms with Gasteiger partial charge in [-0.05, 0) is 24.3 Å². The molecule has 1 aromatic carbocycles. The summed E-state index contributed by atoms with van der Waals surface area (Å²) >= 11 is 0. The Morgan fingerprint density at radius 1 is 1.40 bits per heavy atom. The quantitative estimate of drug-likeness (QED) is 0.774. The summed E-state index contributed by atoms with van der Waals surface area (Å²) in [4.78, 5) is 11.6. The van der Waals surface area contributed by atoms with Gasteiger partial charge >= 0.3 is 0 Å². The van der Waals surface area contributed by atoms with E-state index in [9.17, 15) is 4.79 Å². The molecule has 80 valence electrons. The first-order valence-corrected chi connectivity index (χ1v) is 5.35. The molecule has 0 saturated heterocycles. The van der Waals surface area contributed by atoms with Crippen molar-refractivity contribution < 1.29 is 4.79 Å². The van der Waals surface area contributed by atoms with Gasteiger partial charge in [0.25, 0.3) is 0 Å². The van der Waals surface area contributed by atoms with Gasteiger partial charge in [-0.15, -0.1) is 0 Å². The van der Waals surface area contributed by atoms with Gasteiger partial charge in [-0.3, -0.25) is 4.79 Å². The van der Waals surface area contributed by atoms with Crippen LogP contribution in [0.25, 0.3) is 0 Å². The average Bonchev–Trinajstić information content (AvgIpc) is 3.10. The second-order valence-electron chi connectivity index (χ2n) is 4.08. The number of carbonyl (C=O) groups excluding carboxylic acids is 1. The predicted octanol–water partition coefficient (Wildman–Crippen LogP) is 1.21. The zero-order chi connectivity index (χ0) is 10.7. The Hall–Kier alpha value is -1.35. The van der Waals surface area contributed by atoms with E-state index in [1.165, 1.54) is 12.8 Å². The highest BCUT2D eigenvalue weighted by Gasteiger charge is 2.23. The van der Waals surface area contributed by atoms with Crippen LogP contribution in [0.4, 0.5) is 0 Å². The van der Waals surface area contributed by atoms with E-state index < -0.39 is 6.04 Å². The number of carbonyl (C=O) groups is 1. The molecule has 1 saturated carbocycles. The van der Waals surface area contributed by atoms with Crippen molar-refractivity contribution in [1.82, 2.24) is 5.32 Å². The van der Waals surface area contributed by atoms with Gasteiger partial charge in [0, 0.05) is 6.54 Å². The topological polar surface area (TPSA) is 55.1 Å². The van der Waals surface area contributed by atoms with Crippen molar-refractivity contribution in [3.05, 3.63) is 35.9 Å². The van der Waals surface area contributed by atoms with E-state index in [1.807, 2.05) is 30.3 Å². The first kappa shape index (κ1) is 10.2. The lowest BCUT2D eigenvalue weighted by atomic mass is 10.1. The molecule has 2 rings (SSSR count). The number of nitrogens with one attached hydrogen (secondary N) is 1. The molecule has 0 heterocycles. The first-order chi connectivity index (χ1) is 7.27. The maximum Gasteiger partial charge on any atom is 0.241 e. The highest BCUT2D eigenvalue weighted by Crippen LogP contribution is 2.27. The van der Waals surface area contributed by atoms with Crippen LogP contribution in [0.1, 0.15) is 24.4 Å². The van der Waals surface area contributed by atoms with Crippen LogP contribution in [-0.4, -0.2) is 12.5 Å². The largest absolute Gasteiger partial charge is 0.354 e. The Morgan fingerprint density at radius 2 is 2.07 bits per heavy atom. The van der Waals surface area contributed by atoms with Gasteiger partial charge in [0.15, 0.2) is 0 Å². The fourth-order valence-corrected chi connectivity index (χ4v) is 1.49. The van der Waals surface area contributed by atoms with E-state index in [-0.39, 0.29) is 5.91 Å². The molecule has 1 aliphatic carbocycles. The van der Waals surface area contributed by atoms with Crippen molar-refractivity contribution in [2.45, 2.75) is 18.9 Å². The summed E-state index contributed by atoms with van der Waals surface area (Å²) < 4.78 is 0. The number of hydrogen-bond donors (Lipinski definition) is 2. The second-order valence-corrected chi connectivity index (χ2v) is 4.08. The molecule has 1 aliphatic rings. The van der Waals surface area contributed by atoms with Gasteiger partial charge in [0.05, 0.1) is 0 Å². The summed E-state index contributed by atoms with van der Waals surface area (Å²) in [5.74, 6) is 0.616. The fraction of sp³-hybridized carbons (Fsp3) is 0.417. The third kappa shape index (κ3) is 2.80. The lowest BCUT2D eigenvalue weighted by molar-refractivity contribution is -0.122. The Labute approximate surface area is 89.7 Å². The van der Waals surface area contributed by atoms with Crippen LogP contribution in [0.15, 0.2) is 30.3 Å². The minimum atomic E-state index is -0.537. The summed E-state index contributed by atoms with van der Waals surface area (Å²) in [6.45, 7) is 0.777. The molecule has 1 fully saturated rings. The summed E-state index contributed by atoms with van der Waals surface area (Å²) in [5.41, 5.74) is 6.70. The van der Waals surface area contributed by atoms with Gasteiger partial charge in [-0.25, -0.2) is 0 Å². The summed E-state index contributed by atoms with van der Waals surface area (Å²) in [5, 5.41) is 2.88. The highest BCUT2D eigenvalue weighted by atomic mass is 16.2. The van der Waals surface area contributed by atoms with Gasteiger partial charge in [-0.1, -0.05) is 30.3 Å². The van der Waals surface area contributed by atoms with Gasteiger partial charge < -0.3 is 11.1 Å². The molecule has 0 spiro atoms. The molecule has 0 aliphatic heterocycles. The Bertz CT molecular complexity index is 333. The molecule has 0 aromatic heterocycles. The highest BCUT2D eigenvalue weighted by molar-refractivity contribution is 5.82. The van der Waals surface area contributed by atoms with Gasteiger partial charge in [0.1, 0.15) is 6.04 Å². The molecule has 15 heavy (non-hydrogen) atoms. The van der Waals surface area contributed by atoms with E-state index in [1.54, 1.807) is 0 Å². The molecule has 0 radical (unpaired) electrons. The molecule has 3 heteroatoms. The molecule has 3 nitrogen and oxygen atoms in total. The molecule has 0 bridgehead atoms. The molecular formula is C12H16N2O. The summed E-state index contributed by atoms with van der Waals surface area (Å²) in [6, 6.07) is 8.92. The van der Waals surface area contributed by atoms with E-state index in [0.29, 0.717) is 5.92 Å². The minimum absolute atomic E-state index is 0.0758. The smallest absolute Gasteiger partial charge is 0.241 e. The van der Waals surface area contributed by atoms with Crippen LogP contribution in [-0.2, 0) is 4.79 Å². The Kier molecular flexibility index (Phi) is 3.02. The van der Waals surface area contributed by atoms with Crippen molar-refractivity contribution in [1.29, 1.82) is 0 Å². The SMILES string of the molecule is N[C@H](C(=O)NCC1CC1)c1ccccc1. The minimum Gasteiger partial charge on any atom is -0.354 e. The fourth-order valence-electron chi connectivity index (χ4n) is 1.49. The molecular weight excluding hydrogens is 188 g/mol. The van der Waals surface area contributed by atoms with Crippen LogP contribution in [0.2, 0.25) is 0 Å². The van der Waals surface area contributed by atoms with E-state index in [2.05, 4.69) is 5.32 Å². The number of benzene rings is 1. The maximum absolute atomic E-state index is 11.6. The van der Waals surface area contributed by atoms with Crippen LogP contribution >= 0.6 is 0 Å². The van der Waals surface area contributed by atoms with E-state index in [0.717, 1.165) is 12.1 Å². The monoisotopic (exact) mass is 204 g/mol. The van der Waals surface area contributed by atoms with Gasteiger partial charge in [0.2, 0.25) is 5.91 Å². The van der Waals surface area contributed by atoms with Crippen molar-refractivity contribution >= 4 is 5.91 Å². The van der Waals surface area contributed by atoms with Crippen LogP contribution in [0.3, 0.4) is 0 Å². The number of amides is 1. The molecule has 1 atom stereocenters. The van der Waals surface area contributed by atoms with Crippen molar-refractivity contribution in [3.63, 3.8) is 0 Å². The van der Waals surface area contributed by atoms with Crippen LogP contribution in [0.5, 0.6) is 0 Å². The van der Waals surface area contributed by atoms with Crippen molar-refractivity contribution in [2.24, 2.45) is 11.7 Å². The third-order valence-electron chi connectivity index (χ3n) is 2.70. The lowest BCUT2D eigenvalue weighted by Gasteiger charge is -2.11. The van der Waals surface area contributed by atoms with Crippen molar-refractivity contribution in [3.8, 4) is 0 Å². The Morgan fingerprint density at radius 3 is 2.67 bits per heavy atom. The lowest BCUT2D eigenvalue weighted by Crippen LogP contribution is -2.35. The molecule has 3 N–H and O–H groups in total. The first-order valence-electron chi connectivity index (χ1n) is 5.35. The number of nitrogens with two attached hydrogens (primary N) is 1. The van der Waals surface area contributed by atoms with Crippen LogP contribution < -0.4 is 11.1 Å². The zero-order valence-corrected chi connectivity index (χ0v) is 8.65. The predicted molar refractivity (Wildman–Crippen MR) is 59.1 cm³/mol. The zero-order valence-electron chi connectivity index (χ0n) is 8.65. The molecule has 1 aromatic rings. The average molecular weight is 204 g/mol. The maximum atomic E-state index is 11.6. The summed E-state index contributed by atoms with van der Waals surface area (Å²) in [7, 11) is 0. The van der Waals surface area contributed by atoms with Gasteiger partial charge in [-0.2, -0.15) is 0 Å².